The second-order valence-electron chi connectivity index (χ2n) is 4.64. The van der Waals surface area contributed by atoms with Crippen molar-refractivity contribution in [2.75, 3.05) is 19.5 Å². The Hall–Kier alpha value is -2.48. The molecule has 0 spiro atoms. The molecule has 128 valence electrons. The van der Waals surface area contributed by atoms with Crippen LogP contribution in [0.25, 0.3) is 0 Å². The summed E-state index contributed by atoms with van der Waals surface area (Å²) in [5, 5.41) is 4.90. The zero-order valence-electron chi connectivity index (χ0n) is 12.7. The number of hydrogen-bond donors (Lipinski definition) is 2. The van der Waals surface area contributed by atoms with Crippen molar-refractivity contribution in [1.29, 1.82) is 0 Å². The molecule has 0 aliphatic rings. The first kappa shape index (κ1) is 17.9. The van der Waals surface area contributed by atoms with Crippen LogP contribution in [-0.4, -0.2) is 25.0 Å². The summed E-state index contributed by atoms with van der Waals surface area (Å²) in [6.07, 6.45) is -4.00. The minimum absolute atomic E-state index is 0.0727. The lowest BCUT2D eigenvalue weighted by molar-refractivity contribution is -0.137. The molecule has 2 aromatic rings. The molecule has 0 fully saturated rings. The number of alkyl halides is 3. The molecule has 24 heavy (non-hydrogen) atoms. The highest BCUT2D eigenvalue weighted by atomic mass is 35.5. The maximum atomic E-state index is 13.1. The molecular weight excluding hydrogens is 347 g/mol. The monoisotopic (exact) mass is 359 g/mol. The van der Waals surface area contributed by atoms with Gasteiger partial charge in [0.1, 0.15) is 16.5 Å². The van der Waals surface area contributed by atoms with Crippen LogP contribution in [0.1, 0.15) is 15.9 Å². The van der Waals surface area contributed by atoms with Gasteiger partial charge in [-0.25, -0.2) is 4.98 Å². The number of anilines is 2. The van der Waals surface area contributed by atoms with Gasteiger partial charge in [0.05, 0.1) is 24.0 Å². The van der Waals surface area contributed by atoms with E-state index in [2.05, 4.69) is 15.6 Å². The molecule has 1 aromatic carbocycles. The topological polar surface area (TPSA) is 63.2 Å². The maximum Gasteiger partial charge on any atom is 0.419 e. The number of pyridine rings is 1. The molecular formula is C15H13ClF3N3O2. The number of carbonyl (C=O) groups excluding carboxylic acids is 1. The molecule has 0 aliphatic heterocycles. The van der Waals surface area contributed by atoms with Crippen molar-refractivity contribution in [2.24, 2.45) is 0 Å². The predicted molar refractivity (Wildman–Crippen MR) is 83.9 cm³/mol. The molecule has 0 unspecified atom stereocenters. The normalized spacial score (nSPS) is 11.1. The van der Waals surface area contributed by atoms with Crippen LogP contribution in [0.15, 0.2) is 30.5 Å². The Balaban J connectivity index is 2.57. The van der Waals surface area contributed by atoms with E-state index < -0.39 is 17.6 Å². The van der Waals surface area contributed by atoms with Gasteiger partial charge >= 0.3 is 6.18 Å². The zero-order chi connectivity index (χ0) is 17.9. The van der Waals surface area contributed by atoms with Crippen molar-refractivity contribution in [3.8, 4) is 5.75 Å². The third-order valence-corrected chi connectivity index (χ3v) is 3.35. The molecule has 5 nitrogen and oxygen atoms in total. The summed E-state index contributed by atoms with van der Waals surface area (Å²) in [4.78, 5) is 15.5. The Morgan fingerprint density at radius 3 is 2.58 bits per heavy atom. The average Bonchev–Trinajstić information content (AvgIpc) is 2.52. The van der Waals surface area contributed by atoms with Gasteiger partial charge in [0.25, 0.3) is 5.91 Å². The summed E-state index contributed by atoms with van der Waals surface area (Å²) in [6, 6.07) is 5.57. The molecule has 9 heteroatoms. The number of methoxy groups -OCH3 is 1. The standard InChI is InChI=1S/C15H13ClF3N3O2/c1-20-14(23)13-9(4-3-5-11(13)24-2)22-10-6-12(16)21-7-8(10)15(17,18)19/h3-7H,1-2H3,(H,20,23)(H,21,22). The summed E-state index contributed by atoms with van der Waals surface area (Å²) in [7, 11) is 2.76. The van der Waals surface area contributed by atoms with Gasteiger partial charge in [0, 0.05) is 13.2 Å². The number of rotatable bonds is 4. The van der Waals surface area contributed by atoms with Gasteiger partial charge in [-0.1, -0.05) is 17.7 Å². The molecule has 0 atom stereocenters. The van der Waals surface area contributed by atoms with Crippen molar-refractivity contribution in [3.63, 3.8) is 0 Å². The minimum atomic E-state index is -4.63. The number of nitrogens with one attached hydrogen (secondary N) is 2. The number of nitrogens with zero attached hydrogens (tertiary/aromatic N) is 1. The van der Waals surface area contributed by atoms with Gasteiger partial charge in [-0.3, -0.25) is 4.79 Å². The molecule has 1 amide bonds. The van der Waals surface area contributed by atoms with Crippen molar-refractivity contribution in [1.82, 2.24) is 10.3 Å². The van der Waals surface area contributed by atoms with Gasteiger partial charge < -0.3 is 15.4 Å². The molecule has 1 aromatic heterocycles. The molecule has 0 saturated carbocycles. The first-order chi connectivity index (χ1) is 11.3. The number of benzene rings is 1. The Morgan fingerprint density at radius 2 is 2.00 bits per heavy atom. The molecule has 2 N–H and O–H groups in total. The molecule has 0 radical (unpaired) electrons. The first-order valence-corrected chi connectivity index (χ1v) is 7.04. The highest BCUT2D eigenvalue weighted by molar-refractivity contribution is 6.29. The highest BCUT2D eigenvalue weighted by Gasteiger charge is 2.34. The van der Waals surface area contributed by atoms with Crippen LogP contribution in [-0.2, 0) is 6.18 Å². The third-order valence-electron chi connectivity index (χ3n) is 3.15. The smallest absolute Gasteiger partial charge is 0.419 e. The van der Waals surface area contributed by atoms with E-state index >= 15 is 0 Å². The van der Waals surface area contributed by atoms with Crippen LogP contribution in [0.2, 0.25) is 5.15 Å². The van der Waals surface area contributed by atoms with E-state index in [1.54, 1.807) is 6.07 Å². The van der Waals surface area contributed by atoms with Gasteiger partial charge in [-0.2, -0.15) is 13.2 Å². The minimum Gasteiger partial charge on any atom is -0.496 e. The molecule has 0 aliphatic carbocycles. The summed E-state index contributed by atoms with van der Waals surface area (Å²) >= 11 is 5.70. The summed E-state index contributed by atoms with van der Waals surface area (Å²) in [6.45, 7) is 0. The Kier molecular flexibility index (Phi) is 5.18. The first-order valence-electron chi connectivity index (χ1n) is 6.66. The van der Waals surface area contributed by atoms with Gasteiger partial charge in [0.2, 0.25) is 0 Å². The van der Waals surface area contributed by atoms with Crippen LogP contribution >= 0.6 is 11.6 Å². The van der Waals surface area contributed by atoms with Crippen molar-refractivity contribution in [3.05, 3.63) is 46.7 Å². The Morgan fingerprint density at radius 1 is 1.29 bits per heavy atom. The lowest BCUT2D eigenvalue weighted by Gasteiger charge is -2.17. The predicted octanol–water partition coefficient (Wildman–Crippen LogP) is 3.87. The fraction of sp³-hybridized carbons (Fsp3) is 0.200. The van der Waals surface area contributed by atoms with Crippen molar-refractivity contribution < 1.29 is 22.7 Å². The van der Waals surface area contributed by atoms with E-state index in [0.29, 0.717) is 6.20 Å². The number of amides is 1. The Labute approximate surface area is 140 Å². The van der Waals surface area contributed by atoms with Crippen LogP contribution < -0.4 is 15.4 Å². The highest BCUT2D eigenvalue weighted by Crippen LogP contribution is 2.38. The lowest BCUT2D eigenvalue weighted by atomic mass is 10.1. The molecule has 0 bridgehead atoms. The van der Waals surface area contributed by atoms with Crippen LogP contribution in [0.3, 0.4) is 0 Å². The van der Waals surface area contributed by atoms with Crippen LogP contribution in [0.4, 0.5) is 24.5 Å². The zero-order valence-corrected chi connectivity index (χ0v) is 13.4. The SMILES string of the molecule is CNC(=O)c1c(Nc2cc(Cl)ncc2C(F)(F)F)cccc1OC. The van der Waals surface area contributed by atoms with Crippen molar-refractivity contribution >= 4 is 28.9 Å². The second kappa shape index (κ2) is 6.96. The number of halogens is 4. The summed E-state index contributed by atoms with van der Waals surface area (Å²) < 4.78 is 44.5. The van der Waals surface area contributed by atoms with E-state index in [9.17, 15) is 18.0 Å². The molecule has 2 rings (SSSR count). The van der Waals surface area contributed by atoms with E-state index in [-0.39, 0.29) is 27.8 Å². The number of hydrogen-bond acceptors (Lipinski definition) is 4. The third kappa shape index (κ3) is 3.70. The van der Waals surface area contributed by atoms with E-state index in [0.717, 1.165) is 6.07 Å². The number of ether oxygens (including phenoxy) is 1. The molecule has 0 saturated heterocycles. The van der Waals surface area contributed by atoms with Crippen molar-refractivity contribution in [2.45, 2.75) is 6.18 Å². The van der Waals surface area contributed by atoms with Crippen LogP contribution in [0.5, 0.6) is 5.75 Å². The number of aromatic nitrogens is 1. The van der Waals surface area contributed by atoms with Gasteiger partial charge in [-0.15, -0.1) is 0 Å². The second-order valence-corrected chi connectivity index (χ2v) is 5.02. The fourth-order valence-electron chi connectivity index (χ4n) is 2.07. The fourth-order valence-corrected chi connectivity index (χ4v) is 2.23. The number of carbonyl (C=O) groups is 1. The average molecular weight is 360 g/mol. The van der Waals surface area contributed by atoms with E-state index in [1.165, 1.54) is 26.3 Å². The quantitative estimate of drug-likeness (QED) is 0.814. The largest absolute Gasteiger partial charge is 0.496 e. The van der Waals surface area contributed by atoms with E-state index in [1.807, 2.05) is 0 Å². The summed E-state index contributed by atoms with van der Waals surface area (Å²) in [5.74, 6) is -0.295. The Bertz CT molecular complexity index is 766. The van der Waals surface area contributed by atoms with Gasteiger partial charge in [-0.05, 0) is 18.2 Å². The lowest BCUT2D eigenvalue weighted by Crippen LogP contribution is -2.20. The summed E-state index contributed by atoms with van der Waals surface area (Å²) in [5.41, 5.74) is -1.11. The molecule has 1 heterocycles. The van der Waals surface area contributed by atoms with E-state index in [4.69, 9.17) is 16.3 Å². The van der Waals surface area contributed by atoms with Crippen LogP contribution in [0, 0.1) is 0 Å². The maximum absolute atomic E-state index is 13.1. The van der Waals surface area contributed by atoms with Gasteiger partial charge in [0.15, 0.2) is 0 Å².